The van der Waals surface area contributed by atoms with Crippen molar-refractivity contribution >= 4 is 34.8 Å². The van der Waals surface area contributed by atoms with Crippen LogP contribution in [0.25, 0.3) is 0 Å². The fourth-order valence-electron chi connectivity index (χ4n) is 2.35. The van der Waals surface area contributed by atoms with E-state index in [4.69, 9.17) is 11.6 Å². The van der Waals surface area contributed by atoms with E-state index in [1.807, 2.05) is 26.0 Å². The van der Waals surface area contributed by atoms with Crippen molar-refractivity contribution in [3.05, 3.63) is 70.5 Å². The largest absolute Gasteiger partial charge is 0.337 e. The molecular weight excluding hydrogens is 338 g/mol. The van der Waals surface area contributed by atoms with Crippen molar-refractivity contribution in [1.82, 2.24) is 15.2 Å². The van der Waals surface area contributed by atoms with Crippen LogP contribution in [0.3, 0.4) is 0 Å². The van der Waals surface area contributed by atoms with E-state index in [2.05, 4.69) is 25.8 Å². The summed E-state index contributed by atoms with van der Waals surface area (Å²) in [7, 11) is 0. The number of nitrogens with zero attached hydrogens (tertiary/aromatic N) is 3. The number of anilines is 3. The highest BCUT2D eigenvalue weighted by Crippen LogP contribution is 2.29. The number of benzene rings is 1. The number of aromatic nitrogens is 3. The van der Waals surface area contributed by atoms with Gasteiger partial charge >= 0.3 is 0 Å². The predicted octanol–water partition coefficient (Wildman–Crippen LogP) is 4.14. The van der Waals surface area contributed by atoms with E-state index >= 15 is 0 Å². The number of carbonyl (C=O) groups is 1. The van der Waals surface area contributed by atoms with Crippen molar-refractivity contribution in [2.24, 2.45) is 0 Å². The number of rotatable bonds is 4. The molecule has 3 rings (SSSR count). The lowest BCUT2D eigenvalue weighted by molar-refractivity contribution is 0.102. The van der Waals surface area contributed by atoms with E-state index in [1.54, 1.807) is 30.5 Å². The van der Waals surface area contributed by atoms with Crippen molar-refractivity contribution < 1.29 is 4.79 Å². The third-order valence-corrected chi connectivity index (χ3v) is 3.81. The maximum atomic E-state index is 12.1. The fourth-order valence-corrected chi connectivity index (χ4v) is 2.72. The number of hydrogen-bond donors (Lipinski definition) is 2. The molecule has 0 saturated carbocycles. The van der Waals surface area contributed by atoms with Crippen LogP contribution in [0, 0.1) is 13.8 Å². The van der Waals surface area contributed by atoms with Crippen molar-refractivity contribution in [2.45, 2.75) is 13.8 Å². The van der Waals surface area contributed by atoms with E-state index in [1.165, 1.54) is 6.20 Å². The summed E-state index contributed by atoms with van der Waals surface area (Å²) in [5.41, 5.74) is 3.34. The maximum absolute atomic E-state index is 12.1. The lowest BCUT2D eigenvalue weighted by atomic mass is 10.1. The predicted molar refractivity (Wildman–Crippen MR) is 98.4 cm³/mol. The standard InChI is InChI=1S/C18H16ClN5O/c1-11-8-12(2)17(14(19)9-11)21-15-5-6-16(24-23-15)22-18(25)13-4-3-7-20-10-13/h3-10H,1-2H3,(H,21,23)(H,22,24,25). The molecule has 6 nitrogen and oxygen atoms in total. The summed E-state index contributed by atoms with van der Waals surface area (Å²) in [5, 5.41) is 14.5. The van der Waals surface area contributed by atoms with Gasteiger partial charge in [0.1, 0.15) is 0 Å². The third kappa shape index (κ3) is 4.10. The van der Waals surface area contributed by atoms with Crippen LogP contribution in [-0.4, -0.2) is 21.1 Å². The Labute approximate surface area is 150 Å². The van der Waals surface area contributed by atoms with Crippen LogP contribution in [0.1, 0.15) is 21.5 Å². The normalized spacial score (nSPS) is 10.4. The molecule has 126 valence electrons. The molecule has 0 unspecified atom stereocenters. The van der Waals surface area contributed by atoms with Gasteiger partial charge in [0, 0.05) is 12.4 Å². The van der Waals surface area contributed by atoms with E-state index in [0.29, 0.717) is 22.2 Å². The molecule has 2 aromatic heterocycles. The first-order valence-corrected chi connectivity index (χ1v) is 7.99. The first-order valence-electron chi connectivity index (χ1n) is 7.62. The first kappa shape index (κ1) is 16.9. The number of halogens is 1. The van der Waals surface area contributed by atoms with Crippen LogP contribution in [0.2, 0.25) is 5.02 Å². The van der Waals surface area contributed by atoms with Crippen molar-refractivity contribution in [1.29, 1.82) is 0 Å². The average molecular weight is 354 g/mol. The minimum absolute atomic E-state index is 0.291. The molecule has 0 spiro atoms. The summed E-state index contributed by atoms with van der Waals surface area (Å²) in [6.45, 7) is 3.96. The van der Waals surface area contributed by atoms with Gasteiger partial charge in [-0.1, -0.05) is 17.7 Å². The number of hydrogen-bond acceptors (Lipinski definition) is 5. The Bertz CT molecular complexity index is 874. The number of nitrogens with one attached hydrogen (secondary N) is 2. The monoisotopic (exact) mass is 353 g/mol. The molecule has 0 bridgehead atoms. The second-order valence-electron chi connectivity index (χ2n) is 5.56. The van der Waals surface area contributed by atoms with Gasteiger partial charge in [-0.05, 0) is 55.3 Å². The molecule has 0 aliphatic carbocycles. The Balaban J connectivity index is 1.72. The number of aryl methyl sites for hydroxylation is 2. The summed E-state index contributed by atoms with van der Waals surface area (Å²) >= 11 is 6.28. The van der Waals surface area contributed by atoms with Crippen LogP contribution in [0.15, 0.2) is 48.8 Å². The molecule has 0 radical (unpaired) electrons. The van der Waals surface area contributed by atoms with Crippen molar-refractivity contribution in [3.8, 4) is 0 Å². The Hall–Kier alpha value is -2.99. The Morgan fingerprint density at radius 3 is 2.48 bits per heavy atom. The quantitative estimate of drug-likeness (QED) is 0.737. The van der Waals surface area contributed by atoms with Gasteiger partial charge < -0.3 is 10.6 Å². The Morgan fingerprint density at radius 2 is 1.84 bits per heavy atom. The van der Waals surface area contributed by atoms with Crippen molar-refractivity contribution in [3.63, 3.8) is 0 Å². The minimum atomic E-state index is -0.291. The molecule has 1 amide bonds. The molecule has 7 heteroatoms. The Kier molecular flexibility index (Phi) is 4.90. The number of pyridine rings is 1. The van der Waals surface area contributed by atoms with E-state index < -0.39 is 0 Å². The third-order valence-electron chi connectivity index (χ3n) is 3.51. The van der Waals surface area contributed by atoms with Crippen LogP contribution in [-0.2, 0) is 0 Å². The smallest absolute Gasteiger partial charge is 0.258 e. The second-order valence-corrected chi connectivity index (χ2v) is 5.97. The first-order chi connectivity index (χ1) is 12.0. The highest BCUT2D eigenvalue weighted by Gasteiger charge is 2.09. The molecule has 2 N–H and O–H groups in total. The van der Waals surface area contributed by atoms with Gasteiger partial charge in [0.25, 0.3) is 5.91 Å². The minimum Gasteiger partial charge on any atom is -0.337 e. The van der Waals surface area contributed by atoms with Crippen molar-refractivity contribution in [2.75, 3.05) is 10.6 Å². The second kappa shape index (κ2) is 7.27. The van der Waals surface area contributed by atoms with E-state index in [0.717, 1.165) is 16.8 Å². The van der Waals surface area contributed by atoms with Crippen LogP contribution in [0.5, 0.6) is 0 Å². The molecular formula is C18H16ClN5O. The number of carbonyl (C=O) groups excluding carboxylic acids is 1. The highest BCUT2D eigenvalue weighted by atomic mass is 35.5. The van der Waals surface area contributed by atoms with Crippen LogP contribution < -0.4 is 10.6 Å². The van der Waals surface area contributed by atoms with Gasteiger partial charge in [-0.2, -0.15) is 0 Å². The SMILES string of the molecule is Cc1cc(C)c(Nc2ccc(NC(=O)c3cccnc3)nn2)c(Cl)c1. The molecule has 25 heavy (non-hydrogen) atoms. The van der Waals surface area contributed by atoms with Gasteiger partial charge in [-0.15, -0.1) is 10.2 Å². The van der Waals surface area contributed by atoms with Crippen LogP contribution in [0.4, 0.5) is 17.3 Å². The zero-order valence-corrected chi connectivity index (χ0v) is 14.5. The zero-order valence-electron chi connectivity index (χ0n) is 13.7. The fraction of sp³-hybridized carbons (Fsp3) is 0.111. The summed E-state index contributed by atoms with van der Waals surface area (Å²) in [6, 6.07) is 10.7. The van der Waals surface area contributed by atoms with Crippen LogP contribution >= 0.6 is 11.6 Å². The average Bonchev–Trinajstić information content (AvgIpc) is 2.60. The summed E-state index contributed by atoms with van der Waals surface area (Å²) in [5.74, 6) is 0.597. The lowest BCUT2D eigenvalue weighted by Crippen LogP contribution is -2.13. The molecule has 1 aromatic carbocycles. The van der Waals surface area contributed by atoms with E-state index in [-0.39, 0.29) is 5.91 Å². The van der Waals surface area contributed by atoms with Gasteiger partial charge in [0.05, 0.1) is 16.3 Å². The van der Waals surface area contributed by atoms with Gasteiger partial charge in [-0.3, -0.25) is 9.78 Å². The topological polar surface area (TPSA) is 79.8 Å². The molecule has 3 aromatic rings. The summed E-state index contributed by atoms with van der Waals surface area (Å²) < 4.78 is 0. The maximum Gasteiger partial charge on any atom is 0.258 e. The molecule has 0 aliphatic heterocycles. The molecule has 0 fully saturated rings. The van der Waals surface area contributed by atoms with Gasteiger partial charge in [0.15, 0.2) is 11.6 Å². The molecule has 0 saturated heterocycles. The molecule has 0 atom stereocenters. The molecule has 0 aliphatic rings. The zero-order chi connectivity index (χ0) is 17.8. The summed E-state index contributed by atoms with van der Waals surface area (Å²) in [4.78, 5) is 16.0. The van der Waals surface area contributed by atoms with Gasteiger partial charge in [-0.25, -0.2) is 0 Å². The molecule has 2 heterocycles. The lowest BCUT2D eigenvalue weighted by Gasteiger charge is -2.12. The number of amides is 1. The van der Waals surface area contributed by atoms with Gasteiger partial charge in [0.2, 0.25) is 0 Å². The summed E-state index contributed by atoms with van der Waals surface area (Å²) in [6.07, 6.45) is 3.09. The Morgan fingerprint density at radius 1 is 1.08 bits per heavy atom. The van der Waals surface area contributed by atoms with E-state index in [9.17, 15) is 4.79 Å². The highest BCUT2D eigenvalue weighted by molar-refractivity contribution is 6.33.